The van der Waals surface area contributed by atoms with Crippen LogP contribution in [0.3, 0.4) is 0 Å². The molecule has 0 spiro atoms. The molecule has 6 heteroatoms. The third-order valence-corrected chi connectivity index (χ3v) is 4.49. The Labute approximate surface area is 140 Å². The first-order chi connectivity index (χ1) is 11.5. The Morgan fingerprint density at radius 3 is 2.88 bits per heavy atom. The van der Waals surface area contributed by atoms with Crippen LogP contribution in [-0.4, -0.2) is 35.3 Å². The maximum Gasteiger partial charge on any atom is 0.255 e. The minimum Gasteiger partial charge on any atom is -0.489 e. The Morgan fingerprint density at radius 1 is 1.38 bits per heavy atom. The lowest BCUT2D eigenvalue weighted by atomic mass is 10.0. The van der Waals surface area contributed by atoms with Crippen LogP contribution in [0.2, 0.25) is 0 Å². The lowest BCUT2D eigenvalue weighted by molar-refractivity contribution is -0.136. The normalized spacial score (nSPS) is 20.9. The Morgan fingerprint density at radius 2 is 2.17 bits per heavy atom. The second-order valence-corrected chi connectivity index (χ2v) is 6.11. The second-order valence-electron chi connectivity index (χ2n) is 6.11. The maximum absolute atomic E-state index is 12.7. The van der Waals surface area contributed by atoms with Crippen molar-refractivity contribution >= 4 is 17.7 Å². The number of carbonyl (C=O) groups excluding carboxylic acids is 3. The van der Waals surface area contributed by atoms with E-state index in [1.165, 1.54) is 4.90 Å². The number of hydrogen-bond donors (Lipinski definition) is 1. The number of amides is 3. The monoisotopic (exact) mass is 328 g/mol. The molecule has 0 aliphatic carbocycles. The van der Waals surface area contributed by atoms with Crippen LogP contribution >= 0.6 is 0 Å². The molecule has 1 unspecified atom stereocenters. The average molecular weight is 328 g/mol. The molecule has 3 amide bonds. The maximum atomic E-state index is 12.7. The third-order valence-electron chi connectivity index (χ3n) is 4.49. The number of piperidine rings is 1. The molecule has 24 heavy (non-hydrogen) atoms. The summed E-state index contributed by atoms with van der Waals surface area (Å²) in [5, 5.41) is 2.31. The van der Waals surface area contributed by atoms with Gasteiger partial charge in [0.05, 0.1) is 6.54 Å². The molecule has 6 nitrogen and oxygen atoms in total. The van der Waals surface area contributed by atoms with Crippen molar-refractivity contribution in [3.8, 4) is 5.75 Å². The number of imide groups is 1. The van der Waals surface area contributed by atoms with Crippen molar-refractivity contribution in [2.24, 2.45) is 0 Å². The van der Waals surface area contributed by atoms with Crippen molar-refractivity contribution in [2.75, 3.05) is 6.61 Å². The van der Waals surface area contributed by atoms with Gasteiger partial charge in [-0.15, -0.1) is 0 Å². The number of benzene rings is 1. The number of rotatable bonds is 4. The minimum atomic E-state index is -0.604. The van der Waals surface area contributed by atoms with Crippen LogP contribution in [-0.2, 0) is 16.1 Å². The van der Waals surface area contributed by atoms with Crippen LogP contribution < -0.4 is 10.1 Å². The molecule has 0 aromatic heterocycles. The molecule has 1 atom stereocenters. The van der Waals surface area contributed by atoms with Crippen LogP contribution in [0.15, 0.2) is 29.8 Å². The molecule has 126 valence electrons. The number of nitrogens with zero attached hydrogens (tertiary/aromatic N) is 1. The molecule has 1 aromatic rings. The van der Waals surface area contributed by atoms with Crippen LogP contribution in [0, 0.1) is 0 Å². The van der Waals surface area contributed by atoms with Crippen molar-refractivity contribution in [1.29, 1.82) is 0 Å². The Balaban J connectivity index is 1.82. The number of allylic oxidation sites excluding steroid dienone is 1. The minimum absolute atomic E-state index is 0.187. The molecule has 3 rings (SSSR count). The van der Waals surface area contributed by atoms with E-state index in [9.17, 15) is 14.4 Å². The summed E-state index contributed by atoms with van der Waals surface area (Å²) in [6.45, 7) is 4.71. The number of ether oxygens (including phenoxy) is 1. The van der Waals surface area contributed by atoms with Gasteiger partial charge in [-0.2, -0.15) is 0 Å². The predicted octanol–water partition coefficient (Wildman–Crippen LogP) is 1.79. The van der Waals surface area contributed by atoms with E-state index < -0.39 is 11.9 Å². The van der Waals surface area contributed by atoms with Crippen molar-refractivity contribution in [1.82, 2.24) is 10.2 Å². The summed E-state index contributed by atoms with van der Waals surface area (Å²) in [6.07, 6.45) is 2.59. The van der Waals surface area contributed by atoms with Crippen molar-refractivity contribution < 1.29 is 19.1 Å². The third kappa shape index (κ3) is 2.91. The second kappa shape index (κ2) is 6.47. The first kappa shape index (κ1) is 16.2. The summed E-state index contributed by atoms with van der Waals surface area (Å²) >= 11 is 0. The Hall–Kier alpha value is -2.63. The molecule has 2 aliphatic heterocycles. The molecule has 0 radical (unpaired) electrons. The smallest absolute Gasteiger partial charge is 0.255 e. The summed E-state index contributed by atoms with van der Waals surface area (Å²) in [4.78, 5) is 37.6. The zero-order valence-corrected chi connectivity index (χ0v) is 13.8. The van der Waals surface area contributed by atoms with Crippen molar-refractivity contribution in [2.45, 2.75) is 39.3 Å². The van der Waals surface area contributed by atoms with E-state index in [0.717, 1.165) is 11.1 Å². The van der Waals surface area contributed by atoms with Gasteiger partial charge in [-0.3, -0.25) is 19.7 Å². The fourth-order valence-corrected chi connectivity index (χ4v) is 2.97. The van der Waals surface area contributed by atoms with E-state index in [-0.39, 0.29) is 18.2 Å². The van der Waals surface area contributed by atoms with Gasteiger partial charge >= 0.3 is 0 Å². The zero-order chi connectivity index (χ0) is 17.3. The highest BCUT2D eigenvalue weighted by atomic mass is 16.5. The van der Waals surface area contributed by atoms with Gasteiger partial charge in [-0.05, 0) is 38.0 Å². The number of nitrogens with one attached hydrogen (secondary N) is 1. The summed E-state index contributed by atoms with van der Waals surface area (Å²) < 4.78 is 5.83. The van der Waals surface area contributed by atoms with Crippen molar-refractivity contribution in [3.05, 3.63) is 41.0 Å². The fourth-order valence-electron chi connectivity index (χ4n) is 2.97. The molecule has 1 N–H and O–H groups in total. The van der Waals surface area contributed by atoms with Gasteiger partial charge in [0.15, 0.2) is 0 Å². The van der Waals surface area contributed by atoms with Gasteiger partial charge in [0.2, 0.25) is 11.8 Å². The van der Waals surface area contributed by atoms with Gasteiger partial charge in [0, 0.05) is 17.5 Å². The van der Waals surface area contributed by atoms with Gasteiger partial charge < -0.3 is 9.64 Å². The van der Waals surface area contributed by atoms with Crippen molar-refractivity contribution in [3.63, 3.8) is 0 Å². The van der Waals surface area contributed by atoms with Gasteiger partial charge in [-0.25, -0.2) is 0 Å². The predicted molar refractivity (Wildman–Crippen MR) is 87.4 cm³/mol. The van der Waals surface area contributed by atoms with E-state index in [0.29, 0.717) is 30.9 Å². The fraction of sp³-hybridized carbons (Fsp3) is 0.389. The van der Waals surface area contributed by atoms with E-state index >= 15 is 0 Å². The summed E-state index contributed by atoms with van der Waals surface area (Å²) in [5.41, 5.74) is 2.46. The molecule has 2 aliphatic rings. The lowest BCUT2D eigenvalue weighted by Gasteiger charge is -2.29. The number of fused-ring (bicyclic) bond motifs is 1. The standard InChI is InChI=1S/C18H20N2O4/c1-3-11(2)10-24-15-6-4-5-12-13(15)9-20(18(12)23)14-7-8-16(21)19-17(14)22/h3-6,14H,7-10H2,1-2H3,(H,19,21,22)/b11-3+. The topological polar surface area (TPSA) is 75.7 Å². The molecule has 1 saturated heterocycles. The highest BCUT2D eigenvalue weighted by Crippen LogP contribution is 2.33. The molecule has 2 heterocycles. The highest BCUT2D eigenvalue weighted by Gasteiger charge is 2.40. The van der Waals surface area contributed by atoms with E-state index in [2.05, 4.69) is 5.32 Å². The first-order valence-electron chi connectivity index (χ1n) is 8.02. The van der Waals surface area contributed by atoms with E-state index in [4.69, 9.17) is 4.74 Å². The van der Waals surface area contributed by atoms with Crippen LogP contribution in [0.25, 0.3) is 0 Å². The molecular formula is C18H20N2O4. The van der Waals surface area contributed by atoms with Gasteiger partial charge in [0.25, 0.3) is 5.91 Å². The molecular weight excluding hydrogens is 308 g/mol. The van der Waals surface area contributed by atoms with Crippen LogP contribution in [0.5, 0.6) is 5.75 Å². The summed E-state index contributed by atoms with van der Waals surface area (Å²) in [7, 11) is 0. The Kier molecular flexibility index (Phi) is 4.38. The van der Waals surface area contributed by atoms with Gasteiger partial charge in [0.1, 0.15) is 18.4 Å². The average Bonchev–Trinajstić information content (AvgIpc) is 2.90. The molecule has 1 fully saturated rings. The Bertz CT molecular complexity index is 739. The first-order valence-corrected chi connectivity index (χ1v) is 8.02. The van der Waals surface area contributed by atoms with Crippen LogP contribution in [0.4, 0.5) is 0 Å². The number of carbonyl (C=O) groups is 3. The molecule has 0 bridgehead atoms. The molecule has 0 saturated carbocycles. The SMILES string of the molecule is C/C=C(\C)COc1cccc2c1CN(C1CCC(=O)NC1=O)C2=O. The lowest BCUT2D eigenvalue weighted by Crippen LogP contribution is -2.52. The molecule has 1 aromatic carbocycles. The van der Waals surface area contributed by atoms with E-state index in [1.54, 1.807) is 12.1 Å². The highest BCUT2D eigenvalue weighted by molar-refractivity contribution is 6.05. The number of hydrogen-bond acceptors (Lipinski definition) is 4. The van der Waals surface area contributed by atoms with Gasteiger partial charge in [-0.1, -0.05) is 12.1 Å². The largest absolute Gasteiger partial charge is 0.489 e. The zero-order valence-electron chi connectivity index (χ0n) is 13.8. The van der Waals surface area contributed by atoms with Crippen LogP contribution in [0.1, 0.15) is 42.6 Å². The quantitative estimate of drug-likeness (QED) is 0.675. The summed E-state index contributed by atoms with van der Waals surface area (Å²) in [5.74, 6) is -0.213. The summed E-state index contributed by atoms with van der Waals surface area (Å²) in [6, 6.07) is 4.76. The van der Waals surface area contributed by atoms with E-state index in [1.807, 2.05) is 26.0 Å².